The van der Waals surface area contributed by atoms with Gasteiger partial charge in [-0.3, -0.25) is 4.79 Å². The third-order valence-corrected chi connectivity index (χ3v) is 2.88. The molecular weight excluding hydrogens is 284 g/mol. The number of carbonyl (C=O) groups excluding carboxylic acids is 1. The van der Waals surface area contributed by atoms with Gasteiger partial charge in [0, 0.05) is 23.3 Å². The number of hydrazine groups is 1. The van der Waals surface area contributed by atoms with Crippen LogP contribution in [0.5, 0.6) is 0 Å². The van der Waals surface area contributed by atoms with E-state index in [0.29, 0.717) is 17.9 Å². The lowest BCUT2D eigenvalue weighted by atomic mass is 10.2. The molecule has 0 atom stereocenters. The van der Waals surface area contributed by atoms with Crippen LogP contribution in [0, 0.1) is 0 Å². The molecule has 1 amide bonds. The molecule has 17 heavy (non-hydrogen) atoms. The number of hydrogen-bond donors (Lipinski definition) is 2. The normalized spacial score (nSPS) is 10.5. The molecule has 6 heteroatoms. The summed E-state index contributed by atoms with van der Waals surface area (Å²) in [5.74, 6) is 5.66. The van der Waals surface area contributed by atoms with E-state index in [4.69, 9.17) is 5.84 Å². The molecule has 0 radical (unpaired) electrons. The lowest BCUT2D eigenvalue weighted by Gasteiger charge is -2.25. The summed E-state index contributed by atoms with van der Waals surface area (Å²) in [6.07, 6.45) is 1.59. The van der Waals surface area contributed by atoms with Crippen molar-refractivity contribution in [2.75, 3.05) is 12.0 Å². The molecule has 0 saturated carbocycles. The SMILES string of the molecule is CCN(C(=O)c1cc(Br)cnc1NN)C(C)C. The van der Waals surface area contributed by atoms with E-state index >= 15 is 0 Å². The lowest BCUT2D eigenvalue weighted by Crippen LogP contribution is -2.37. The van der Waals surface area contributed by atoms with Crippen LogP contribution in [-0.2, 0) is 0 Å². The highest BCUT2D eigenvalue weighted by molar-refractivity contribution is 9.10. The first-order valence-electron chi connectivity index (χ1n) is 5.44. The minimum atomic E-state index is -0.0794. The van der Waals surface area contributed by atoms with Crippen LogP contribution in [0.3, 0.4) is 0 Å². The fourth-order valence-corrected chi connectivity index (χ4v) is 1.95. The predicted molar refractivity (Wildman–Crippen MR) is 71.6 cm³/mol. The number of anilines is 1. The average molecular weight is 301 g/mol. The standard InChI is InChI=1S/C11H17BrN4O/c1-4-16(7(2)3)11(17)9-5-8(12)6-14-10(9)15-13/h5-7H,4,13H2,1-3H3,(H,14,15). The molecule has 0 bridgehead atoms. The number of nitrogens with one attached hydrogen (secondary N) is 1. The Morgan fingerprint density at radius 1 is 1.65 bits per heavy atom. The van der Waals surface area contributed by atoms with E-state index in [0.717, 1.165) is 4.47 Å². The summed E-state index contributed by atoms with van der Waals surface area (Å²) in [6, 6.07) is 1.85. The van der Waals surface area contributed by atoms with Crippen LogP contribution >= 0.6 is 15.9 Å². The maximum absolute atomic E-state index is 12.3. The van der Waals surface area contributed by atoms with E-state index in [1.54, 1.807) is 17.2 Å². The monoisotopic (exact) mass is 300 g/mol. The summed E-state index contributed by atoms with van der Waals surface area (Å²) in [5.41, 5.74) is 2.91. The number of nitrogens with zero attached hydrogens (tertiary/aromatic N) is 2. The average Bonchev–Trinajstić information content (AvgIpc) is 2.29. The van der Waals surface area contributed by atoms with Crippen molar-refractivity contribution in [1.82, 2.24) is 9.88 Å². The smallest absolute Gasteiger partial charge is 0.257 e. The van der Waals surface area contributed by atoms with Crippen molar-refractivity contribution in [3.63, 3.8) is 0 Å². The van der Waals surface area contributed by atoms with Gasteiger partial charge in [0.05, 0.1) is 5.56 Å². The van der Waals surface area contributed by atoms with Gasteiger partial charge in [0.25, 0.3) is 5.91 Å². The minimum absolute atomic E-state index is 0.0794. The fraction of sp³-hybridized carbons (Fsp3) is 0.455. The highest BCUT2D eigenvalue weighted by Gasteiger charge is 2.20. The zero-order valence-electron chi connectivity index (χ0n) is 10.2. The van der Waals surface area contributed by atoms with Crippen molar-refractivity contribution in [1.29, 1.82) is 0 Å². The summed E-state index contributed by atoms with van der Waals surface area (Å²) in [7, 11) is 0. The number of aromatic nitrogens is 1. The number of nitrogen functional groups attached to an aromatic ring is 1. The van der Waals surface area contributed by atoms with Gasteiger partial charge >= 0.3 is 0 Å². The Morgan fingerprint density at radius 2 is 2.29 bits per heavy atom. The summed E-state index contributed by atoms with van der Waals surface area (Å²) in [6.45, 7) is 6.54. The third kappa shape index (κ3) is 3.17. The molecule has 0 fully saturated rings. The molecule has 0 unspecified atom stereocenters. The van der Waals surface area contributed by atoms with E-state index in [1.165, 1.54) is 0 Å². The Kier molecular flexibility index (Phi) is 4.89. The van der Waals surface area contributed by atoms with E-state index in [1.807, 2.05) is 20.8 Å². The maximum Gasteiger partial charge on any atom is 0.257 e. The minimum Gasteiger partial charge on any atom is -0.336 e. The number of halogens is 1. The van der Waals surface area contributed by atoms with Crippen molar-refractivity contribution in [2.45, 2.75) is 26.8 Å². The van der Waals surface area contributed by atoms with Gasteiger partial charge in [-0.25, -0.2) is 10.8 Å². The first-order valence-corrected chi connectivity index (χ1v) is 6.23. The molecule has 1 rings (SSSR count). The molecule has 0 aliphatic rings. The van der Waals surface area contributed by atoms with Crippen molar-refractivity contribution >= 4 is 27.7 Å². The van der Waals surface area contributed by atoms with Crippen molar-refractivity contribution in [2.24, 2.45) is 5.84 Å². The highest BCUT2D eigenvalue weighted by Crippen LogP contribution is 2.19. The zero-order chi connectivity index (χ0) is 13.0. The summed E-state index contributed by atoms with van der Waals surface area (Å²) in [4.78, 5) is 18.1. The maximum atomic E-state index is 12.3. The van der Waals surface area contributed by atoms with Gasteiger partial charge in [-0.05, 0) is 42.8 Å². The molecule has 0 aliphatic carbocycles. The first kappa shape index (κ1) is 13.9. The quantitative estimate of drug-likeness (QED) is 0.659. The fourth-order valence-electron chi connectivity index (χ4n) is 1.62. The lowest BCUT2D eigenvalue weighted by molar-refractivity contribution is 0.0717. The molecule has 0 saturated heterocycles. The topological polar surface area (TPSA) is 71.2 Å². The Morgan fingerprint density at radius 3 is 2.76 bits per heavy atom. The molecule has 5 nitrogen and oxygen atoms in total. The second-order valence-corrected chi connectivity index (χ2v) is 4.79. The number of hydrogen-bond acceptors (Lipinski definition) is 4. The van der Waals surface area contributed by atoms with Gasteiger partial charge in [0.2, 0.25) is 0 Å². The summed E-state index contributed by atoms with van der Waals surface area (Å²) >= 11 is 3.30. The second-order valence-electron chi connectivity index (χ2n) is 3.88. The summed E-state index contributed by atoms with van der Waals surface area (Å²) in [5, 5.41) is 0. The molecule has 0 spiro atoms. The van der Waals surface area contributed by atoms with Gasteiger partial charge in [-0.15, -0.1) is 0 Å². The molecular formula is C11H17BrN4O. The molecule has 3 N–H and O–H groups in total. The van der Waals surface area contributed by atoms with Crippen LogP contribution in [0.4, 0.5) is 5.82 Å². The number of carbonyl (C=O) groups is 1. The number of nitrogens with two attached hydrogens (primary N) is 1. The Labute approximate surface area is 109 Å². The van der Waals surface area contributed by atoms with E-state index in [9.17, 15) is 4.79 Å². The van der Waals surface area contributed by atoms with Gasteiger partial charge < -0.3 is 10.3 Å². The van der Waals surface area contributed by atoms with Crippen LogP contribution in [0.15, 0.2) is 16.7 Å². The largest absolute Gasteiger partial charge is 0.336 e. The first-order chi connectivity index (χ1) is 8.01. The van der Waals surface area contributed by atoms with Crippen molar-refractivity contribution in [3.05, 3.63) is 22.3 Å². The van der Waals surface area contributed by atoms with Crippen LogP contribution in [0.25, 0.3) is 0 Å². The van der Waals surface area contributed by atoms with Crippen LogP contribution in [0.1, 0.15) is 31.1 Å². The molecule has 1 aromatic rings. The Balaban J connectivity index is 3.13. The van der Waals surface area contributed by atoms with E-state index < -0.39 is 0 Å². The van der Waals surface area contributed by atoms with Gasteiger partial charge in [-0.2, -0.15) is 0 Å². The van der Waals surface area contributed by atoms with E-state index in [-0.39, 0.29) is 11.9 Å². The van der Waals surface area contributed by atoms with Gasteiger partial charge in [0.1, 0.15) is 0 Å². The van der Waals surface area contributed by atoms with E-state index in [2.05, 4.69) is 26.3 Å². The molecule has 0 aromatic carbocycles. The predicted octanol–water partition coefficient (Wildman–Crippen LogP) is 2.00. The molecule has 0 aliphatic heterocycles. The number of rotatable bonds is 4. The second kappa shape index (κ2) is 5.97. The highest BCUT2D eigenvalue weighted by atomic mass is 79.9. The molecule has 94 valence electrons. The molecule has 1 aromatic heterocycles. The zero-order valence-corrected chi connectivity index (χ0v) is 11.8. The van der Waals surface area contributed by atoms with Gasteiger partial charge in [-0.1, -0.05) is 0 Å². The Hall–Kier alpha value is -1.14. The van der Waals surface area contributed by atoms with Crippen LogP contribution in [0.2, 0.25) is 0 Å². The Bertz CT molecular complexity index is 408. The van der Waals surface area contributed by atoms with Gasteiger partial charge in [0.15, 0.2) is 5.82 Å². The van der Waals surface area contributed by atoms with Crippen molar-refractivity contribution < 1.29 is 4.79 Å². The molecule has 1 heterocycles. The number of amides is 1. The number of pyridine rings is 1. The van der Waals surface area contributed by atoms with Crippen LogP contribution < -0.4 is 11.3 Å². The van der Waals surface area contributed by atoms with Crippen molar-refractivity contribution in [3.8, 4) is 0 Å². The summed E-state index contributed by atoms with van der Waals surface area (Å²) < 4.78 is 0.750. The third-order valence-electron chi connectivity index (χ3n) is 2.45. The van der Waals surface area contributed by atoms with Crippen LogP contribution in [-0.4, -0.2) is 28.4 Å².